The van der Waals surface area contributed by atoms with Crippen LogP contribution in [-0.2, 0) is 4.79 Å². The molecule has 0 spiro atoms. The Balaban J connectivity index is 1.58. The molecule has 0 unspecified atom stereocenters. The molecule has 0 saturated carbocycles. The molecule has 1 amide bonds. The highest BCUT2D eigenvalue weighted by molar-refractivity contribution is 5.99. The molecular weight excluding hydrogens is 412 g/mol. The fraction of sp³-hybridized carbons (Fsp3) is 0.0870. The number of nitro groups is 1. The molecule has 2 N–H and O–H groups in total. The lowest BCUT2D eigenvalue weighted by molar-refractivity contribution is -0.384. The minimum absolute atomic E-state index is 0.106. The van der Waals surface area contributed by atoms with Crippen LogP contribution in [0.3, 0.4) is 0 Å². The first-order valence-electron chi connectivity index (χ1n) is 9.55. The Kier molecular flexibility index (Phi) is 7.26. The molecule has 0 atom stereocenters. The minimum atomic E-state index is -0.541. The number of phenols is 1. The van der Waals surface area contributed by atoms with Crippen LogP contribution >= 0.6 is 0 Å². The molecule has 0 fully saturated rings. The first-order chi connectivity index (χ1) is 15.4. The Morgan fingerprint density at radius 1 is 1.12 bits per heavy atom. The van der Waals surface area contributed by atoms with Crippen molar-refractivity contribution in [2.24, 2.45) is 10.1 Å². The number of aliphatic imine (C=N–C) groups is 1. The van der Waals surface area contributed by atoms with Gasteiger partial charge in [-0.15, -0.1) is 0 Å². The van der Waals surface area contributed by atoms with Crippen molar-refractivity contribution in [3.8, 4) is 11.5 Å². The van der Waals surface area contributed by atoms with Crippen LogP contribution in [0.5, 0.6) is 11.5 Å². The van der Waals surface area contributed by atoms with Crippen molar-refractivity contribution < 1.29 is 19.6 Å². The van der Waals surface area contributed by atoms with Gasteiger partial charge in [0.1, 0.15) is 11.5 Å². The van der Waals surface area contributed by atoms with Gasteiger partial charge in [-0.1, -0.05) is 30.3 Å². The van der Waals surface area contributed by atoms with Gasteiger partial charge < -0.3 is 9.84 Å². The molecule has 0 aliphatic heterocycles. The number of non-ortho nitro benzene ring substituents is 1. The molecule has 0 heterocycles. The third kappa shape index (κ3) is 6.23. The number of para-hydroxylation sites is 1. The van der Waals surface area contributed by atoms with E-state index in [2.05, 4.69) is 15.5 Å². The summed E-state index contributed by atoms with van der Waals surface area (Å²) in [6.45, 7) is 1.59. The molecule has 0 radical (unpaired) electrons. The maximum Gasteiger partial charge on any atom is 0.277 e. The summed E-state index contributed by atoms with van der Waals surface area (Å²) >= 11 is 0. The summed E-state index contributed by atoms with van der Waals surface area (Å²) in [5.74, 6) is 0.107. The Morgan fingerprint density at radius 3 is 2.53 bits per heavy atom. The molecule has 9 nitrogen and oxygen atoms in total. The van der Waals surface area contributed by atoms with Gasteiger partial charge in [0.05, 0.1) is 16.3 Å². The standard InChI is InChI=1S/C23H20N4O5/c1-16(25-26-23(29)15-32-21-5-3-2-4-6-21)17-7-9-19(10-8-17)24-14-18-13-20(27(30)31)11-12-22(18)28/h2-14,28H,15H2,1H3,(H,26,29)/b24-14?,25-16-. The van der Waals surface area contributed by atoms with Crippen LogP contribution in [0, 0.1) is 10.1 Å². The van der Waals surface area contributed by atoms with E-state index in [1.54, 1.807) is 43.3 Å². The number of benzene rings is 3. The number of hydrogen-bond donors (Lipinski definition) is 2. The van der Waals surface area contributed by atoms with E-state index in [0.29, 0.717) is 17.1 Å². The van der Waals surface area contributed by atoms with Crippen LogP contribution in [0.15, 0.2) is 82.9 Å². The number of rotatable bonds is 8. The smallest absolute Gasteiger partial charge is 0.277 e. The lowest BCUT2D eigenvalue weighted by atomic mass is 10.1. The molecule has 3 rings (SSSR count). The van der Waals surface area contributed by atoms with Crippen LogP contribution < -0.4 is 10.2 Å². The van der Waals surface area contributed by atoms with Crippen LogP contribution in [0.2, 0.25) is 0 Å². The van der Waals surface area contributed by atoms with E-state index < -0.39 is 4.92 Å². The summed E-state index contributed by atoms with van der Waals surface area (Å²) in [4.78, 5) is 26.5. The minimum Gasteiger partial charge on any atom is -0.507 e. The van der Waals surface area contributed by atoms with Crippen LogP contribution in [-0.4, -0.2) is 34.5 Å². The predicted octanol–water partition coefficient (Wildman–Crippen LogP) is 3.97. The maximum atomic E-state index is 11.9. The van der Waals surface area contributed by atoms with E-state index in [1.807, 2.05) is 18.2 Å². The molecule has 0 aliphatic rings. The van der Waals surface area contributed by atoms with Crippen molar-refractivity contribution in [2.75, 3.05) is 6.61 Å². The topological polar surface area (TPSA) is 126 Å². The van der Waals surface area contributed by atoms with Gasteiger partial charge in [-0.3, -0.25) is 19.9 Å². The van der Waals surface area contributed by atoms with Gasteiger partial charge in [0.2, 0.25) is 0 Å². The Labute approximate surface area is 183 Å². The van der Waals surface area contributed by atoms with Crippen LogP contribution in [0.1, 0.15) is 18.1 Å². The highest BCUT2D eigenvalue weighted by atomic mass is 16.6. The largest absolute Gasteiger partial charge is 0.507 e. The van der Waals surface area contributed by atoms with E-state index in [4.69, 9.17) is 4.74 Å². The molecule has 0 saturated heterocycles. The number of hydrogen-bond acceptors (Lipinski definition) is 7. The summed E-state index contributed by atoms with van der Waals surface area (Å²) in [6.07, 6.45) is 1.35. The van der Waals surface area contributed by atoms with E-state index in [-0.39, 0.29) is 29.5 Å². The first kappa shape index (κ1) is 22.2. The number of aromatic hydroxyl groups is 1. The second-order valence-electron chi connectivity index (χ2n) is 6.64. The fourth-order valence-corrected chi connectivity index (χ4v) is 2.60. The number of nitrogens with one attached hydrogen (secondary N) is 1. The molecule has 0 aliphatic carbocycles. The van der Waals surface area contributed by atoms with E-state index in [1.165, 1.54) is 24.4 Å². The third-order valence-corrected chi connectivity index (χ3v) is 4.32. The van der Waals surface area contributed by atoms with Gasteiger partial charge in [0.25, 0.3) is 11.6 Å². The molecule has 9 heteroatoms. The van der Waals surface area contributed by atoms with E-state index in [0.717, 1.165) is 5.56 Å². The monoisotopic (exact) mass is 432 g/mol. The normalized spacial score (nSPS) is 11.3. The average Bonchev–Trinajstić information content (AvgIpc) is 2.81. The van der Waals surface area contributed by atoms with Gasteiger partial charge in [-0.25, -0.2) is 5.43 Å². The number of nitrogens with zero attached hydrogens (tertiary/aromatic N) is 3. The van der Waals surface area contributed by atoms with E-state index >= 15 is 0 Å². The van der Waals surface area contributed by atoms with Crippen molar-refractivity contribution in [1.82, 2.24) is 5.43 Å². The number of nitro benzene ring substituents is 1. The highest BCUT2D eigenvalue weighted by Gasteiger charge is 2.09. The van der Waals surface area contributed by atoms with Crippen molar-refractivity contribution in [2.45, 2.75) is 6.92 Å². The van der Waals surface area contributed by atoms with Crippen molar-refractivity contribution >= 4 is 29.2 Å². The Hall–Kier alpha value is -4.53. The third-order valence-electron chi connectivity index (χ3n) is 4.32. The zero-order valence-electron chi connectivity index (χ0n) is 17.1. The maximum absolute atomic E-state index is 11.9. The molecule has 162 valence electrons. The van der Waals surface area contributed by atoms with Gasteiger partial charge in [0.15, 0.2) is 6.61 Å². The lowest BCUT2D eigenvalue weighted by Gasteiger charge is -2.06. The Bertz CT molecular complexity index is 1160. The molecule has 0 aromatic heterocycles. The van der Waals surface area contributed by atoms with Crippen LogP contribution in [0.25, 0.3) is 0 Å². The summed E-state index contributed by atoms with van der Waals surface area (Å²) in [5, 5.41) is 24.8. The number of carbonyl (C=O) groups excluding carboxylic acids is 1. The number of hydrazone groups is 1. The molecule has 32 heavy (non-hydrogen) atoms. The van der Waals surface area contributed by atoms with Crippen molar-refractivity contribution in [1.29, 1.82) is 0 Å². The second-order valence-corrected chi connectivity index (χ2v) is 6.64. The SMILES string of the molecule is C/C(=N/NC(=O)COc1ccccc1)c1ccc(N=Cc2cc([N+](=O)[O-])ccc2O)cc1. The van der Waals surface area contributed by atoms with Crippen molar-refractivity contribution in [3.05, 3.63) is 94.0 Å². The number of ether oxygens (including phenoxy) is 1. The van der Waals surface area contributed by atoms with Gasteiger partial charge in [-0.05, 0) is 42.8 Å². The summed E-state index contributed by atoms with van der Waals surface area (Å²) in [6, 6.07) is 19.7. The zero-order chi connectivity index (χ0) is 22.9. The second kappa shape index (κ2) is 10.5. The molecule has 3 aromatic carbocycles. The number of carbonyl (C=O) groups is 1. The Morgan fingerprint density at radius 2 is 1.84 bits per heavy atom. The molecule has 0 bridgehead atoms. The molecule has 3 aromatic rings. The zero-order valence-corrected chi connectivity index (χ0v) is 17.1. The van der Waals surface area contributed by atoms with Gasteiger partial charge >= 0.3 is 0 Å². The van der Waals surface area contributed by atoms with Crippen molar-refractivity contribution in [3.63, 3.8) is 0 Å². The fourth-order valence-electron chi connectivity index (χ4n) is 2.60. The highest BCUT2D eigenvalue weighted by Crippen LogP contribution is 2.22. The van der Waals surface area contributed by atoms with Gasteiger partial charge in [0, 0.05) is 23.9 Å². The lowest BCUT2D eigenvalue weighted by Crippen LogP contribution is -2.25. The summed E-state index contributed by atoms with van der Waals surface area (Å²) in [5.41, 5.74) is 4.48. The first-order valence-corrected chi connectivity index (χ1v) is 9.55. The summed E-state index contributed by atoms with van der Waals surface area (Å²) < 4.78 is 5.36. The van der Waals surface area contributed by atoms with Gasteiger partial charge in [-0.2, -0.15) is 5.10 Å². The number of amides is 1. The van der Waals surface area contributed by atoms with Crippen LogP contribution in [0.4, 0.5) is 11.4 Å². The van der Waals surface area contributed by atoms with E-state index in [9.17, 15) is 20.0 Å². The quantitative estimate of drug-likeness (QED) is 0.316. The average molecular weight is 432 g/mol. The number of phenolic OH excluding ortho intramolecular Hbond substituents is 1. The predicted molar refractivity (Wildman–Crippen MR) is 121 cm³/mol. The summed E-state index contributed by atoms with van der Waals surface area (Å²) in [7, 11) is 0. The molecular formula is C23H20N4O5.